The number of halogens is 1. The smallest absolute Gasteiger partial charge is 0.316 e. The normalized spacial score (nSPS) is 11.6. The Bertz CT molecular complexity index is 498. The lowest BCUT2D eigenvalue weighted by atomic mass is 9.99. The van der Waals surface area contributed by atoms with E-state index in [1.807, 2.05) is 0 Å². The highest BCUT2D eigenvalue weighted by molar-refractivity contribution is 6.32. The Morgan fingerprint density at radius 2 is 1.79 bits per heavy atom. The maximum Gasteiger partial charge on any atom is 0.316 e. The monoisotopic (exact) mass is 286 g/mol. The number of esters is 1. The molecule has 5 nitrogen and oxygen atoms in total. The molecular weight excluding hydrogens is 272 g/mol. The van der Waals surface area contributed by atoms with Crippen LogP contribution in [0.3, 0.4) is 0 Å². The van der Waals surface area contributed by atoms with E-state index >= 15 is 0 Å². The minimum atomic E-state index is -0.904. The fourth-order valence-electron chi connectivity index (χ4n) is 1.59. The summed E-state index contributed by atoms with van der Waals surface area (Å²) in [5.74, 6) is -1.23. The zero-order valence-corrected chi connectivity index (χ0v) is 11.9. The number of rotatable bonds is 5. The van der Waals surface area contributed by atoms with Crippen LogP contribution in [-0.4, -0.2) is 33.1 Å². The molecule has 0 spiro atoms. The average molecular weight is 287 g/mol. The van der Waals surface area contributed by atoms with Crippen molar-refractivity contribution in [3.8, 4) is 11.5 Å². The molecule has 0 aromatic heterocycles. The number of ketones is 1. The predicted octanol–water partition coefficient (Wildman–Crippen LogP) is 2.35. The van der Waals surface area contributed by atoms with E-state index in [0.717, 1.165) is 0 Å². The van der Waals surface area contributed by atoms with Crippen LogP contribution in [0, 0.1) is 5.92 Å². The molecule has 0 radical (unpaired) electrons. The number of carbonyl (C=O) groups excluding carboxylic acids is 2. The van der Waals surface area contributed by atoms with E-state index in [1.165, 1.54) is 40.4 Å². The van der Waals surface area contributed by atoms with Gasteiger partial charge in [0.05, 0.1) is 26.4 Å². The van der Waals surface area contributed by atoms with Crippen LogP contribution in [0.15, 0.2) is 12.1 Å². The first-order valence-electron chi connectivity index (χ1n) is 5.49. The topological polar surface area (TPSA) is 61.8 Å². The van der Waals surface area contributed by atoms with Crippen LogP contribution in [0.4, 0.5) is 0 Å². The van der Waals surface area contributed by atoms with Crippen LogP contribution in [0.5, 0.6) is 11.5 Å². The van der Waals surface area contributed by atoms with E-state index in [9.17, 15) is 9.59 Å². The van der Waals surface area contributed by atoms with Crippen LogP contribution in [0.2, 0.25) is 5.02 Å². The van der Waals surface area contributed by atoms with Crippen molar-refractivity contribution in [1.82, 2.24) is 0 Å². The molecule has 0 saturated heterocycles. The van der Waals surface area contributed by atoms with Crippen molar-refractivity contribution in [2.45, 2.75) is 6.92 Å². The third kappa shape index (κ3) is 3.17. The lowest BCUT2D eigenvalue weighted by molar-refractivity contribution is -0.143. The first kappa shape index (κ1) is 15.3. The van der Waals surface area contributed by atoms with Crippen molar-refractivity contribution in [2.24, 2.45) is 5.92 Å². The molecule has 0 aliphatic heterocycles. The molecule has 0 aliphatic carbocycles. The Balaban J connectivity index is 3.18. The van der Waals surface area contributed by atoms with Crippen molar-refractivity contribution in [2.75, 3.05) is 21.3 Å². The molecule has 0 N–H and O–H groups in total. The third-order valence-electron chi connectivity index (χ3n) is 2.67. The number of hydrogen-bond donors (Lipinski definition) is 0. The molecule has 0 aliphatic rings. The summed E-state index contributed by atoms with van der Waals surface area (Å²) in [4.78, 5) is 23.5. The minimum Gasteiger partial charge on any atom is -0.493 e. The second kappa shape index (κ2) is 6.43. The molecule has 1 atom stereocenters. The maximum atomic E-state index is 12.1. The SMILES string of the molecule is COC(=O)C(C)C(=O)c1cc(Cl)c(OC)c(OC)c1. The lowest BCUT2D eigenvalue weighted by Crippen LogP contribution is -2.22. The minimum absolute atomic E-state index is 0.238. The molecule has 1 aromatic carbocycles. The zero-order valence-electron chi connectivity index (χ0n) is 11.2. The van der Waals surface area contributed by atoms with Crippen molar-refractivity contribution in [3.63, 3.8) is 0 Å². The van der Waals surface area contributed by atoms with E-state index < -0.39 is 17.7 Å². The average Bonchev–Trinajstić information content (AvgIpc) is 2.43. The highest BCUT2D eigenvalue weighted by Crippen LogP contribution is 2.36. The quantitative estimate of drug-likeness (QED) is 0.472. The summed E-state index contributed by atoms with van der Waals surface area (Å²) in [6.45, 7) is 1.47. The van der Waals surface area contributed by atoms with Crippen LogP contribution in [0.25, 0.3) is 0 Å². The number of hydrogen-bond acceptors (Lipinski definition) is 5. The predicted molar refractivity (Wildman–Crippen MR) is 70.1 cm³/mol. The summed E-state index contributed by atoms with van der Waals surface area (Å²) in [7, 11) is 4.11. The number of methoxy groups -OCH3 is 3. The number of ether oxygens (including phenoxy) is 3. The standard InChI is InChI=1S/C13H15ClO5/c1-7(13(16)19-4)11(15)8-5-9(14)12(18-3)10(6-8)17-2/h5-7H,1-4H3. The van der Waals surface area contributed by atoms with Crippen molar-refractivity contribution in [3.05, 3.63) is 22.7 Å². The Morgan fingerprint density at radius 1 is 1.16 bits per heavy atom. The van der Waals surface area contributed by atoms with E-state index in [0.29, 0.717) is 11.5 Å². The van der Waals surface area contributed by atoms with Gasteiger partial charge in [0.25, 0.3) is 0 Å². The fraction of sp³-hybridized carbons (Fsp3) is 0.385. The second-order valence-electron chi connectivity index (χ2n) is 3.80. The second-order valence-corrected chi connectivity index (χ2v) is 4.21. The van der Waals surface area contributed by atoms with E-state index in [2.05, 4.69) is 4.74 Å². The summed E-state index contributed by atoms with van der Waals surface area (Å²) >= 11 is 6.00. The number of Topliss-reactive ketones (excluding diaryl/α,β-unsaturated/α-hetero) is 1. The lowest BCUT2D eigenvalue weighted by Gasteiger charge is -2.13. The first-order valence-corrected chi connectivity index (χ1v) is 5.87. The van der Waals surface area contributed by atoms with Gasteiger partial charge < -0.3 is 14.2 Å². The van der Waals surface area contributed by atoms with Crippen molar-refractivity contribution < 1.29 is 23.8 Å². The Hall–Kier alpha value is -1.75. The maximum absolute atomic E-state index is 12.1. The van der Waals surface area contributed by atoms with Gasteiger partial charge >= 0.3 is 5.97 Å². The van der Waals surface area contributed by atoms with E-state index in [4.69, 9.17) is 21.1 Å². The van der Waals surface area contributed by atoms with Crippen LogP contribution < -0.4 is 9.47 Å². The third-order valence-corrected chi connectivity index (χ3v) is 2.95. The molecule has 104 valence electrons. The molecule has 19 heavy (non-hydrogen) atoms. The molecule has 1 aromatic rings. The first-order chi connectivity index (χ1) is 8.96. The van der Waals surface area contributed by atoms with E-state index in [-0.39, 0.29) is 10.6 Å². The van der Waals surface area contributed by atoms with Gasteiger partial charge in [0.15, 0.2) is 17.3 Å². The van der Waals surface area contributed by atoms with Crippen molar-refractivity contribution >= 4 is 23.4 Å². The van der Waals surface area contributed by atoms with Crippen molar-refractivity contribution in [1.29, 1.82) is 0 Å². The van der Waals surface area contributed by atoms with Gasteiger partial charge in [0.2, 0.25) is 0 Å². The Kier molecular flexibility index (Phi) is 5.18. The van der Waals surface area contributed by atoms with Crippen LogP contribution in [0.1, 0.15) is 17.3 Å². The molecule has 0 saturated carbocycles. The Labute approximate surface area is 116 Å². The molecule has 1 unspecified atom stereocenters. The van der Waals surface area contributed by atoms with Gasteiger partial charge in [-0.05, 0) is 19.1 Å². The van der Waals surface area contributed by atoms with Gasteiger partial charge in [-0.15, -0.1) is 0 Å². The summed E-state index contributed by atoms with van der Waals surface area (Å²) in [5, 5.41) is 0.238. The summed E-state index contributed by atoms with van der Waals surface area (Å²) in [5.41, 5.74) is 0.264. The Morgan fingerprint density at radius 3 is 2.26 bits per heavy atom. The fourth-order valence-corrected chi connectivity index (χ4v) is 1.88. The van der Waals surface area contributed by atoms with Crippen LogP contribution >= 0.6 is 11.6 Å². The molecule has 1 rings (SSSR count). The van der Waals surface area contributed by atoms with Gasteiger partial charge in [0.1, 0.15) is 5.92 Å². The summed E-state index contributed by atoms with van der Waals surface area (Å²) < 4.78 is 14.7. The van der Waals surface area contributed by atoms with Gasteiger partial charge in [-0.1, -0.05) is 11.6 Å². The molecule has 6 heteroatoms. The van der Waals surface area contributed by atoms with Gasteiger partial charge in [0, 0.05) is 5.56 Å². The molecular formula is C13H15ClO5. The molecule has 0 bridgehead atoms. The van der Waals surface area contributed by atoms with E-state index in [1.54, 1.807) is 0 Å². The summed E-state index contributed by atoms with van der Waals surface area (Å²) in [6.07, 6.45) is 0. The molecule has 0 fully saturated rings. The van der Waals surface area contributed by atoms with Gasteiger partial charge in [-0.3, -0.25) is 9.59 Å². The number of carbonyl (C=O) groups is 2. The van der Waals surface area contributed by atoms with Gasteiger partial charge in [-0.25, -0.2) is 0 Å². The molecule has 0 amide bonds. The summed E-state index contributed by atoms with van der Waals surface area (Å²) in [6, 6.07) is 2.91. The highest BCUT2D eigenvalue weighted by Gasteiger charge is 2.25. The van der Waals surface area contributed by atoms with Gasteiger partial charge in [-0.2, -0.15) is 0 Å². The largest absolute Gasteiger partial charge is 0.493 e. The molecule has 0 heterocycles. The van der Waals surface area contributed by atoms with Crippen LogP contribution in [-0.2, 0) is 9.53 Å². The number of benzene rings is 1. The highest BCUT2D eigenvalue weighted by atomic mass is 35.5. The zero-order chi connectivity index (χ0) is 14.6.